The number of methoxy groups -OCH3 is 1. The Morgan fingerprint density at radius 2 is 2.33 bits per heavy atom. The third kappa shape index (κ3) is 3.69. The van der Waals surface area contributed by atoms with E-state index in [9.17, 15) is 8.42 Å². The van der Waals surface area contributed by atoms with Crippen molar-refractivity contribution < 1.29 is 22.6 Å². The van der Waals surface area contributed by atoms with E-state index in [0.29, 0.717) is 18.8 Å². The fourth-order valence-corrected chi connectivity index (χ4v) is 2.90. The molecule has 2 rings (SSSR count). The average Bonchev–Trinajstić information content (AvgIpc) is 2.96. The molecule has 0 aliphatic carbocycles. The molecule has 0 bridgehead atoms. The molecule has 21 heavy (non-hydrogen) atoms. The van der Waals surface area contributed by atoms with Crippen LogP contribution in [-0.4, -0.2) is 51.7 Å². The Morgan fingerprint density at radius 1 is 1.52 bits per heavy atom. The predicted octanol–water partition coefficient (Wildman–Crippen LogP) is 0.563. The summed E-state index contributed by atoms with van der Waals surface area (Å²) in [4.78, 5) is 3.85. The van der Waals surface area contributed by atoms with Gasteiger partial charge in [-0.15, -0.1) is 0 Å². The van der Waals surface area contributed by atoms with Crippen molar-refractivity contribution in [3.63, 3.8) is 0 Å². The molecule has 1 unspecified atom stereocenters. The monoisotopic (exact) mass is 312 g/mol. The van der Waals surface area contributed by atoms with Gasteiger partial charge in [0, 0.05) is 6.42 Å². The van der Waals surface area contributed by atoms with Gasteiger partial charge in [-0.2, -0.15) is 5.26 Å². The zero-order valence-electron chi connectivity index (χ0n) is 11.6. The Balaban J connectivity index is 1.96. The van der Waals surface area contributed by atoms with E-state index in [4.69, 9.17) is 19.5 Å². The summed E-state index contributed by atoms with van der Waals surface area (Å²) in [5.74, 6) is 0.243. The smallest absolute Gasteiger partial charge is 0.197 e. The lowest BCUT2D eigenvalue weighted by Crippen LogP contribution is -2.33. The minimum absolute atomic E-state index is 0.0411. The minimum Gasteiger partial charge on any atom is -0.495 e. The van der Waals surface area contributed by atoms with Crippen LogP contribution in [0.2, 0.25) is 0 Å². The molecular formula is C13H16N2O5S. The number of hydrogen-bond acceptors (Lipinski definition) is 7. The lowest BCUT2D eigenvalue weighted by molar-refractivity contribution is -0.000473. The van der Waals surface area contributed by atoms with Crippen LogP contribution in [-0.2, 0) is 19.3 Å². The molecule has 0 aromatic carbocycles. The van der Waals surface area contributed by atoms with Gasteiger partial charge in [-0.25, -0.2) is 13.4 Å². The topological polar surface area (TPSA) is 98.5 Å². The molecule has 114 valence electrons. The van der Waals surface area contributed by atoms with Crippen molar-refractivity contribution in [2.24, 2.45) is 0 Å². The van der Waals surface area contributed by atoms with Gasteiger partial charge in [-0.3, -0.25) is 0 Å². The highest BCUT2D eigenvalue weighted by molar-refractivity contribution is 7.91. The second-order valence-electron chi connectivity index (χ2n) is 4.61. The number of sulfone groups is 1. The number of nitrogens with zero attached hydrogens (tertiary/aromatic N) is 2. The van der Waals surface area contributed by atoms with Crippen LogP contribution >= 0.6 is 0 Å². The third-order valence-electron chi connectivity index (χ3n) is 3.18. The van der Waals surface area contributed by atoms with Crippen molar-refractivity contribution in [1.82, 2.24) is 4.98 Å². The zero-order valence-corrected chi connectivity index (χ0v) is 12.4. The number of aromatic nitrogens is 1. The molecule has 0 N–H and O–H groups in total. The van der Waals surface area contributed by atoms with E-state index in [2.05, 4.69) is 4.98 Å². The first-order chi connectivity index (χ1) is 10.0. The maximum Gasteiger partial charge on any atom is 0.197 e. The standard InChI is InChI=1S/C13H16N2O5S/c1-18-11-2-3-12(15-8-11)21(16,17)7-6-20-13(9-14)4-5-19-10-13/h2-3,8H,4-7,10H2,1H3. The molecule has 1 aromatic rings. The second-order valence-corrected chi connectivity index (χ2v) is 6.67. The molecule has 0 amide bonds. The van der Waals surface area contributed by atoms with Crippen LogP contribution in [0.1, 0.15) is 6.42 Å². The van der Waals surface area contributed by atoms with E-state index in [0.717, 1.165) is 0 Å². The fraction of sp³-hybridized carbons (Fsp3) is 0.538. The van der Waals surface area contributed by atoms with Crippen molar-refractivity contribution >= 4 is 9.84 Å². The van der Waals surface area contributed by atoms with Crippen LogP contribution in [0.4, 0.5) is 0 Å². The highest BCUT2D eigenvalue weighted by atomic mass is 32.2. The lowest BCUT2D eigenvalue weighted by atomic mass is 10.1. The predicted molar refractivity (Wildman–Crippen MR) is 72.6 cm³/mol. The third-order valence-corrected chi connectivity index (χ3v) is 4.77. The molecule has 2 heterocycles. The summed E-state index contributed by atoms with van der Waals surface area (Å²) >= 11 is 0. The van der Waals surface area contributed by atoms with Gasteiger partial charge in [0.1, 0.15) is 11.8 Å². The highest BCUT2D eigenvalue weighted by Gasteiger charge is 2.36. The number of nitriles is 1. The normalized spacial score (nSPS) is 21.9. The SMILES string of the molecule is COc1ccc(S(=O)(=O)CCOC2(C#N)CCOC2)nc1. The molecule has 0 radical (unpaired) electrons. The first-order valence-electron chi connectivity index (χ1n) is 6.37. The summed E-state index contributed by atoms with van der Waals surface area (Å²) in [5, 5.41) is 9.05. The van der Waals surface area contributed by atoms with Crippen molar-refractivity contribution in [2.75, 3.05) is 32.7 Å². The Kier molecular flexibility index (Phi) is 4.77. The molecule has 1 aromatic heterocycles. The summed E-state index contributed by atoms with van der Waals surface area (Å²) in [6, 6.07) is 4.96. The van der Waals surface area contributed by atoms with Crippen LogP contribution in [0.25, 0.3) is 0 Å². The van der Waals surface area contributed by atoms with Gasteiger partial charge in [0.15, 0.2) is 20.5 Å². The van der Waals surface area contributed by atoms with Gasteiger partial charge in [0.2, 0.25) is 0 Å². The first kappa shape index (κ1) is 15.7. The lowest BCUT2D eigenvalue weighted by Gasteiger charge is -2.19. The van der Waals surface area contributed by atoms with Crippen molar-refractivity contribution in [2.45, 2.75) is 17.0 Å². The van der Waals surface area contributed by atoms with E-state index in [1.54, 1.807) is 0 Å². The van der Waals surface area contributed by atoms with Crippen molar-refractivity contribution in [3.8, 4) is 11.8 Å². The van der Waals surface area contributed by atoms with Crippen LogP contribution in [0.15, 0.2) is 23.4 Å². The highest BCUT2D eigenvalue weighted by Crippen LogP contribution is 2.22. The van der Waals surface area contributed by atoms with Gasteiger partial charge in [0.25, 0.3) is 0 Å². The Hall–Kier alpha value is -1.69. The first-order valence-corrected chi connectivity index (χ1v) is 8.02. The molecule has 8 heteroatoms. The molecule has 1 saturated heterocycles. The maximum atomic E-state index is 12.1. The number of hydrogen-bond donors (Lipinski definition) is 0. The number of rotatable bonds is 6. The Bertz CT molecular complexity index is 615. The quantitative estimate of drug-likeness (QED) is 0.757. The van der Waals surface area contributed by atoms with Crippen molar-refractivity contribution in [1.29, 1.82) is 5.26 Å². The largest absolute Gasteiger partial charge is 0.495 e. The molecule has 7 nitrogen and oxygen atoms in total. The molecule has 0 spiro atoms. The van der Waals surface area contributed by atoms with E-state index in [1.807, 2.05) is 6.07 Å². The van der Waals surface area contributed by atoms with E-state index < -0.39 is 15.4 Å². The molecule has 1 atom stereocenters. The second kappa shape index (κ2) is 6.39. The van der Waals surface area contributed by atoms with Crippen LogP contribution in [0, 0.1) is 11.3 Å². The maximum absolute atomic E-state index is 12.1. The summed E-state index contributed by atoms with van der Waals surface area (Å²) in [5.41, 5.74) is -1.02. The van der Waals surface area contributed by atoms with E-state index in [1.165, 1.54) is 25.4 Å². The summed E-state index contributed by atoms with van der Waals surface area (Å²) in [7, 11) is -2.08. The zero-order chi connectivity index (χ0) is 15.3. The number of ether oxygens (including phenoxy) is 3. The van der Waals surface area contributed by atoms with Crippen LogP contribution in [0.3, 0.4) is 0 Å². The fourth-order valence-electron chi connectivity index (χ4n) is 1.90. The molecule has 1 aliphatic heterocycles. The summed E-state index contributed by atoms with van der Waals surface area (Å²) < 4.78 is 39.7. The van der Waals surface area contributed by atoms with Gasteiger partial charge >= 0.3 is 0 Å². The Morgan fingerprint density at radius 3 is 2.86 bits per heavy atom. The molecule has 1 aliphatic rings. The van der Waals surface area contributed by atoms with E-state index >= 15 is 0 Å². The van der Waals surface area contributed by atoms with Gasteiger partial charge in [0.05, 0.1) is 38.9 Å². The summed E-state index contributed by atoms with van der Waals surface area (Å²) in [6.45, 7) is 0.539. The van der Waals surface area contributed by atoms with Crippen LogP contribution in [0.5, 0.6) is 5.75 Å². The van der Waals surface area contributed by atoms with Gasteiger partial charge < -0.3 is 14.2 Å². The van der Waals surface area contributed by atoms with Crippen LogP contribution < -0.4 is 4.74 Å². The van der Waals surface area contributed by atoms with Crippen molar-refractivity contribution in [3.05, 3.63) is 18.3 Å². The molecular weight excluding hydrogens is 296 g/mol. The minimum atomic E-state index is -3.55. The van der Waals surface area contributed by atoms with Gasteiger partial charge in [-0.1, -0.05) is 0 Å². The summed E-state index contributed by atoms with van der Waals surface area (Å²) in [6.07, 6.45) is 1.79. The molecule has 1 fully saturated rings. The Labute approximate surface area is 123 Å². The number of pyridine rings is 1. The van der Waals surface area contributed by atoms with E-state index in [-0.39, 0.29) is 24.0 Å². The average molecular weight is 312 g/mol. The molecule has 0 saturated carbocycles. The van der Waals surface area contributed by atoms with Gasteiger partial charge in [-0.05, 0) is 12.1 Å².